The molecule has 4 nitrogen and oxygen atoms in total. The van der Waals surface area contributed by atoms with Crippen molar-refractivity contribution in [3.05, 3.63) is 0 Å². The largest absolute Gasteiger partial charge is 0.340 e. The monoisotopic (exact) mass is 262 g/mol. The molecule has 0 radical (unpaired) electrons. The summed E-state index contributed by atoms with van der Waals surface area (Å²) in [4.78, 5) is 26.7. The summed E-state index contributed by atoms with van der Waals surface area (Å²) < 4.78 is 0. The molecule has 1 aliphatic heterocycles. The van der Waals surface area contributed by atoms with Gasteiger partial charge in [-0.15, -0.1) is 12.3 Å². The molecule has 0 aromatic carbocycles. The van der Waals surface area contributed by atoms with Crippen LogP contribution in [0.1, 0.15) is 46.0 Å². The van der Waals surface area contributed by atoms with Gasteiger partial charge in [0.1, 0.15) is 11.6 Å². The summed E-state index contributed by atoms with van der Waals surface area (Å²) in [6.45, 7) is 4.38. The minimum absolute atomic E-state index is 0.0165. The minimum atomic E-state index is -0.696. The first-order valence-electron chi connectivity index (χ1n) is 7.11. The first kappa shape index (κ1) is 13.9. The van der Waals surface area contributed by atoms with Crippen molar-refractivity contribution in [3.63, 3.8) is 0 Å². The van der Waals surface area contributed by atoms with E-state index in [2.05, 4.69) is 11.2 Å². The van der Waals surface area contributed by atoms with Gasteiger partial charge in [-0.05, 0) is 38.5 Å². The van der Waals surface area contributed by atoms with Crippen molar-refractivity contribution in [2.45, 2.75) is 57.5 Å². The van der Waals surface area contributed by atoms with E-state index in [-0.39, 0.29) is 17.9 Å². The van der Waals surface area contributed by atoms with Gasteiger partial charge in [-0.3, -0.25) is 9.59 Å². The van der Waals surface area contributed by atoms with Crippen LogP contribution in [0.5, 0.6) is 0 Å². The van der Waals surface area contributed by atoms with E-state index in [0.717, 1.165) is 19.3 Å². The Kier molecular flexibility index (Phi) is 3.84. The standard InChI is InChI=1S/C15H22N2O2/c1-4-6-7-10-17-12(5-2)13(18)16-15(3,14(17)19)11-8-9-11/h1,11-12H,5-10H2,2-3H3,(H,16,18). The van der Waals surface area contributed by atoms with Gasteiger partial charge in [-0.1, -0.05) is 6.92 Å². The molecule has 0 aromatic rings. The molecule has 2 amide bonds. The zero-order valence-corrected chi connectivity index (χ0v) is 11.7. The van der Waals surface area contributed by atoms with E-state index in [0.29, 0.717) is 25.3 Å². The van der Waals surface area contributed by atoms with Crippen LogP contribution in [0.3, 0.4) is 0 Å². The van der Waals surface area contributed by atoms with E-state index in [4.69, 9.17) is 6.42 Å². The Morgan fingerprint density at radius 1 is 1.47 bits per heavy atom. The Bertz CT molecular complexity index is 422. The summed E-state index contributed by atoms with van der Waals surface area (Å²) in [5.41, 5.74) is -0.696. The molecule has 1 aliphatic carbocycles. The lowest BCUT2D eigenvalue weighted by molar-refractivity contribution is -0.155. The Balaban J connectivity index is 2.16. The second-order valence-electron chi connectivity index (χ2n) is 5.70. The molecule has 2 atom stereocenters. The molecule has 2 aliphatic rings. The van der Waals surface area contributed by atoms with Crippen molar-refractivity contribution in [2.24, 2.45) is 5.92 Å². The summed E-state index contributed by atoms with van der Waals surface area (Å²) in [5.74, 6) is 2.94. The van der Waals surface area contributed by atoms with Crippen molar-refractivity contribution in [2.75, 3.05) is 6.54 Å². The number of piperazine rings is 1. The van der Waals surface area contributed by atoms with Crippen LogP contribution in [-0.2, 0) is 9.59 Å². The van der Waals surface area contributed by atoms with Crippen molar-refractivity contribution >= 4 is 11.8 Å². The molecule has 104 valence electrons. The smallest absolute Gasteiger partial charge is 0.249 e. The molecule has 19 heavy (non-hydrogen) atoms. The predicted octanol–water partition coefficient (Wildman–Crippen LogP) is 1.31. The maximum Gasteiger partial charge on any atom is 0.249 e. The maximum atomic E-state index is 12.7. The number of amides is 2. The summed E-state index contributed by atoms with van der Waals surface area (Å²) >= 11 is 0. The first-order valence-corrected chi connectivity index (χ1v) is 7.11. The van der Waals surface area contributed by atoms with Crippen molar-refractivity contribution in [3.8, 4) is 12.3 Å². The maximum absolute atomic E-state index is 12.7. The number of hydrogen-bond acceptors (Lipinski definition) is 2. The highest BCUT2D eigenvalue weighted by atomic mass is 16.2. The molecule has 2 rings (SSSR count). The van der Waals surface area contributed by atoms with Gasteiger partial charge in [0, 0.05) is 13.0 Å². The lowest BCUT2D eigenvalue weighted by atomic mass is 9.88. The highest BCUT2D eigenvalue weighted by Crippen LogP contribution is 2.42. The fraction of sp³-hybridized carbons (Fsp3) is 0.733. The van der Waals surface area contributed by atoms with E-state index >= 15 is 0 Å². The van der Waals surface area contributed by atoms with Crippen LogP contribution in [0.25, 0.3) is 0 Å². The van der Waals surface area contributed by atoms with E-state index < -0.39 is 5.54 Å². The third-order valence-corrected chi connectivity index (χ3v) is 4.27. The van der Waals surface area contributed by atoms with Crippen molar-refractivity contribution in [1.29, 1.82) is 0 Å². The fourth-order valence-electron chi connectivity index (χ4n) is 2.93. The van der Waals surface area contributed by atoms with Crippen molar-refractivity contribution < 1.29 is 9.59 Å². The summed E-state index contributed by atoms with van der Waals surface area (Å²) in [6, 6.07) is -0.336. The van der Waals surface area contributed by atoms with E-state index in [9.17, 15) is 9.59 Å². The van der Waals surface area contributed by atoms with Gasteiger partial charge in [-0.2, -0.15) is 0 Å². The molecule has 2 unspecified atom stereocenters. The topological polar surface area (TPSA) is 49.4 Å². The van der Waals surface area contributed by atoms with Crippen LogP contribution in [0.2, 0.25) is 0 Å². The highest BCUT2D eigenvalue weighted by molar-refractivity contribution is 6.00. The number of carbonyl (C=O) groups is 2. The molecular weight excluding hydrogens is 240 g/mol. The second kappa shape index (κ2) is 5.24. The molecule has 0 bridgehead atoms. The third kappa shape index (κ3) is 2.47. The van der Waals surface area contributed by atoms with E-state index in [1.807, 2.05) is 13.8 Å². The second-order valence-corrected chi connectivity index (χ2v) is 5.70. The summed E-state index contributed by atoms with van der Waals surface area (Å²) in [6.07, 6.45) is 9.35. The predicted molar refractivity (Wildman–Crippen MR) is 73.1 cm³/mol. The Hall–Kier alpha value is -1.50. The lowest BCUT2D eigenvalue weighted by Gasteiger charge is -2.44. The van der Waals surface area contributed by atoms with Gasteiger partial charge in [0.05, 0.1) is 0 Å². The van der Waals surface area contributed by atoms with Gasteiger partial charge in [-0.25, -0.2) is 0 Å². The zero-order chi connectivity index (χ0) is 14.0. The lowest BCUT2D eigenvalue weighted by Crippen LogP contribution is -2.70. The number of unbranched alkanes of at least 4 members (excludes halogenated alkanes) is 1. The number of nitrogens with one attached hydrogen (secondary N) is 1. The van der Waals surface area contributed by atoms with Crippen LogP contribution < -0.4 is 5.32 Å². The zero-order valence-electron chi connectivity index (χ0n) is 11.7. The first-order chi connectivity index (χ1) is 9.04. The molecule has 0 spiro atoms. The van der Waals surface area contributed by atoms with E-state index in [1.54, 1.807) is 4.90 Å². The third-order valence-electron chi connectivity index (χ3n) is 4.27. The van der Waals surface area contributed by atoms with Gasteiger partial charge < -0.3 is 10.2 Å². The molecule has 1 saturated heterocycles. The number of terminal acetylenes is 1. The average Bonchev–Trinajstić information content (AvgIpc) is 3.20. The number of rotatable bonds is 5. The molecule has 4 heteroatoms. The van der Waals surface area contributed by atoms with E-state index in [1.165, 1.54) is 0 Å². The Morgan fingerprint density at radius 3 is 2.68 bits per heavy atom. The van der Waals surface area contributed by atoms with Crippen LogP contribution in [0, 0.1) is 18.3 Å². The molecule has 2 fully saturated rings. The molecule has 1 heterocycles. The number of hydrogen-bond donors (Lipinski definition) is 1. The molecular formula is C15H22N2O2. The summed E-state index contributed by atoms with van der Waals surface area (Å²) in [5, 5.41) is 2.96. The molecule has 0 aromatic heterocycles. The highest BCUT2D eigenvalue weighted by Gasteiger charge is 2.54. The Morgan fingerprint density at radius 2 is 2.16 bits per heavy atom. The molecule has 1 N–H and O–H groups in total. The minimum Gasteiger partial charge on any atom is -0.340 e. The molecule has 1 saturated carbocycles. The van der Waals surface area contributed by atoms with Crippen molar-refractivity contribution in [1.82, 2.24) is 10.2 Å². The Labute approximate surface area is 114 Å². The fourth-order valence-corrected chi connectivity index (χ4v) is 2.93. The quantitative estimate of drug-likeness (QED) is 0.600. The van der Waals surface area contributed by atoms with Gasteiger partial charge >= 0.3 is 0 Å². The van der Waals surface area contributed by atoms with Crippen LogP contribution in [0.15, 0.2) is 0 Å². The number of carbonyl (C=O) groups excluding carboxylic acids is 2. The van der Waals surface area contributed by atoms with Crippen LogP contribution in [0.4, 0.5) is 0 Å². The SMILES string of the molecule is C#CCCCN1C(=O)C(C)(C2CC2)NC(=O)C1CC. The average molecular weight is 262 g/mol. The van der Waals surface area contributed by atoms with Crippen LogP contribution in [-0.4, -0.2) is 34.8 Å². The van der Waals surface area contributed by atoms with Gasteiger partial charge in [0.25, 0.3) is 0 Å². The van der Waals surface area contributed by atoms with Gasteiger partial charge in [0.15, 0.2) is 0 Å². The normalized spacial score (nSPS) is 31.0. The van der Waals surface area contributed by atoms with Gasteiger partial charge in [0.2, 0.25) is 11.8 Å². The van der Waals surface area contributed by atoms with Crippen LogP contribution >= 0.6 is 0 Å². The summed E-state index contributed by atoms with van der Waals surface area (Å²) in [7, 11) is 0. The number of nitrogens with zero attached hydrogens (tertiary/aromatic N) is 1.